The fourth-order valence-corrected chi connectivity index (χ4v) is 5.10. The van der Waals surface area contributed by atoms with E-state index in [-0.39, 0.29) is 5.75 Å². The van der Waals surface area contributed by atoms with E-state index in [1.807, 2.05) is 54.6 Å². The standard InChI is InChI=1S/C32H30N2O3S/c1-34-31(21-24-10-16-28(17-11-24)37-22-25-6-4-3-5-7-25)30(20-23-8-14-27(36-2)15-9-23)33-32(34)38-29-18-12-26(35)13-19-29/h3-19,35H,20-22H2,1-2H3. The number of ether oxygens (including phenoxy) is 2. The third-order valence-corrected chi connectivity index (χ3v) is 7.43. The summed E-state index contributed by atoms with van der Waals surface area (Å²) in [6.07, 6.45) is 1.48. The van der Waals surface area contributed by atoms with Crippen molar-refractivity contribution in [3.63, 3.8) is 0 Å². The van der Waals surface area contributed by atoms with Crippen LogP contribution in [0.15, 0.2) is 113 Å². The Labute approximate surface area is 227 Å². The van der Waals surface area contributed by atoms with Crippen LogP contribution in [0, 0.1) is 0 Å². The number of aromatic nitrogens is 2. The lowest BCUT2D eigenvalue weighted by atomic mass is 10.0. The normalized spacial score (nSPS) is 10.9. The first-order valence-electron chi connectivity index (χ1n) is 12.5. The van der Waals surface area contributed by atoms with Crippen molar-refractivity contribution in [1.29, 1.82) is 0 Å². The Hall–Kier alpha value is -4.16. The van der Waals surface area contributed by atoms with Crippen molar-refractivity contribution in [2.75, 3.05) is 7.11 Å². The molecule has 5 nitrogen and oxygen atoms in total. The van der Waals surface area contributed by atoms with Gasteiger partial charge in [-0.05, 0) is 65.2 Å². The summed E-state index contributed by atoms with van der Waals surface area (Å²) in [6.45, 7) is 0.547. The maximum Gasteiger partial charge on any atom is 0.173 e. The van der Waals surface area contributed by atoms with Gasteiger partial charge in [-0.3, -0.25) is 0 Å². The molecule has 4 aromatic carbocycles. The highest BCUT2D eigenvalue weighted by molar-refractivity contribution is 7.99. The van der Waals surface area contributed by atoms with E-state index < -0.39 is 0 Å². The minimum Gasteiger partial charge on any atom is -0.508 e. The molecular weight excluding hydrogens is 492 g/mol. The quantitative estimate of drug-likeness (QED) is 0.213. The van der Waals surface area contributed by atoms with Gasteiger partial charge in [-0.25, -0.2) is 4.98 Å². The van der Waals surface area contributed by atoms with E-state index in [2.05, 4.69) is 48.0 Å². The molecule has 1 aromatic heterocycles. The van der Waals surface area contributed by atoms with Gasteiger partial charge >= 0.3 is 0 Å². The van der Waals surface area contributed by atoms with Gasteiger partial charge in [-0.15, -0.1) is 0 Å². The zero-order valence-electron chi connectivity index (χ0n) is 21.5. The van der Waals surface area contributed by atoms with Crippen LogP contribution in [0.1, 0.15) is 28.1 Å². The van der Waals surface area contributed by atoms with Gasteiger partial charge in [0.15, 0.2) is 5.16 Å². The second-order valence-electron chi connectivity index (χ2n) is 9.06. The molecule has 0 atom stereocenters. The molecule has 1 N–H and O–H groups in total. The van der Waals surface area contributed by atoms with Crippen LogP contribution in [-0.2, 0) is 26.5 Å². The van der Waals surface area contributed by atoms with Crippen LogP contribution in [0.5, 0.6) is 17.2 Å². The molecule has 0 aliphatic heterocycles. The SMILES string of the molecule is COc1ccc(Cc2nc(Sc3ccc(O)cc3)n(C)c2Cc2ccc(OCc3ccccc3)cc2)cc1. The fourth-order valence-electron chi connectivity index (χ4n) is 4.21. The largest absolute Gasteiger partial charge is 0.508 e. The monoisotopic (exact) mass is 522 g/mol. The third-order valence-electron chi connectivity index (χ3n) is 6.38. The van der Waals surface area contributed by atoms with Gasteiger partial charge in [0.1, 0.15) is 23.9 Å². The zero-order valence-corrected chi connectivity index (χ0v) is 22.3. The molecule has 0 saturated heterocycles. The lowest BCUT2D eigenvalue weighted by Gasteiger charge is -2.10. The van der Waals surface area contributed by atoms with Crippen LogP contribution >= 0.6 is 11.8 Å². The number of benzene rings is 4. The first-order chi connectivity index (χ1) is 18.6. The Morgan fingerprint density at radius 3 is 2.03 bits per heavy atom. The van der Waals surface area contributed by atoms with Crippen molar-refractivity contribution in [2.45, 2.75) is 29.5 Å². The van der Waals surface area contributed by atoms with Crippen LogP contribution < -0.4 is 9.47 Å². The Kier molecular flexibility index (Phi) is 8.00. The highest BCUT2D eigenvalue weighted by atomic mass is 32.2. The van der Waals surface area contributed by atoms with Gasteiger partial charge in [0.05, 0.1) is 12.8 Å². The Morgan fingerprint density at radius 1 is 0.737 bits per heavy atom. The van der Waals surface area contributed by atoms with Crippen molar-refractivity contribution in [1.82, 2.24) is 9.55 Å². The molecule has 0 bridgehead atoms. The predicted octanol–water partition coefficient (Wildman–Crippen LogP) is 7.05. The van der Waals surface area contributed by atoms with Gasteiger partial charge in [-0.1, -0.05) is 66.4 Å². The highest BCUT2D eigenvalue weighted by Crippen LogP contribution is 2.31. The van der Waals surface area contributed by atoms with E-state index in [0.717, 1.165) is 45.6 Å². The van der Waals surface area contributed by atoms with Crippen LogP contribution in [-0.4, -0.2) is 21.8 Å². The van der Waals surface area contributed by atoms with Gasteiger partial charge < -0.3 is 19.1 Å². The zero-order chi connectivity index (χ0) is 26.3. The molecule has 0 saturated carbocycles. The maximum absolute atomic E-state index is 9.65. The molecule has 0 spiro atoms. The van der Waals surface area contributed by atoms with E-state index >= 15 is 0 Å². The lowest BCUT2D eigenvalue weighted by molar-refractivity contribution is 0.306. The number of aromatic hydroxyl groups is 1. The summed E-state index contributed by atoms with van der Waals surface area (Å²) in [4.78, 5) is 6.08. The van der Waals surface area contributed by atoms with Gasteiger partial charge in [0.25, 0.3) is 0 Å². The van der Waals surface area contributed by atoms with Gasteiger partial charge in [0, 0.05) is 30.5 Å². The number of nitrogens with zero attached hydrogens (tertiary/aromatic N) is 2. The van der Waals surface area contributed by atoms with E-state index in [4.69, 9.17) is 14.5 Å². The van der Waals surface area contributed by atoms with Gasteiger partial charge in [-0.2, -0.15) is 0 Å². The predicted molar refractivity (Wildman–Crippen MR) is 151 cm³/mol. The Bertz CT molecular complexity index is 1460. The summed E-state index contributed by atoms with van der Waals surface area (Å²) in [6, 6.07) is 33.8. The van der Waals surface area contributed by atoms with E-state index in [1.165, 1.54) is 16.8 Å². The number of hydrogen-bond donors (Lipinski definition) is 1. The van der Waals surface area contributed by atoms with E-state index in [1.54, 1.807) is 31.0 Å². The second kappa shape index (κ2) is 11.9. The van der Waals surface area contributed by atoms with Crippen molar-refractivity contribution >= 4 is 11.8 Å². The number of rotatable bonds is 10. The molecule has 0 unspecified atom stereocenters. The molecule has 0 radical (unpaired) electrons. The summed E-state index contributed by atoms with van der Waals surface area (Å²) in [5.74, 6) is 1.95. The van der Waals surface area contributed by atoms with Crippen LogP contribution in [0.4, 0.5) is 0 Å². The number of phenols is 1. The van der Waals surface area contributed by atoms with Crippen molar-refractivity contribution < 1.29 is 14.6 Å². The smallest absolute Gasteiger partial charge is 0.173 e. The molecule has 0 fully saturated rings. The van der Waals surface area contributed by atoms with Crippen molar-refractivity contribution in [3.05, 3.63) is 131 Å². The first-order valence-corrected chi connectivity index (χ1v) is 13.3. The molecule has 6 heteroatoms. The molecule has 5 rings (SSSR count). The number of imidazole rings is 1. The average Bonchev–Trinajstić information content (AvgIpc) is 3.23. The summed E-state index contributed by atoms with van der Waals surface area (Å²) < 4.78 is 13.5. The molecule has 0 amide bonds. The van der Waals surface area contributed by atoms with E-state index in [9.17, 15) is 5.11 Å². The maximum atomic E-state index is 9.65. The molecule has 1 heterocycles. The molecule has 0 aliphatic carbocycles. The topological polar surface area (TPSA) is 56.5 Å². The van der Waals surface area contributed by atoms with Crippen molar-refractivity contribution in [2.24, 2.45) is 7.05 Å². The molecular formula is C32H30N2O3S. The van der Waals surface area contributed by atoms with Crippen molar-refractivity contribution in [3.8, 4) is 17.2 Å². The number of hydrogen-bond acceptors (Lipinski definition) is 5. The summed E-state index contributed by atoms with van der Waals surface area (Å²) in [5.41, 5.74) is 5.73. The molecule has 5 aromatic rings. The number of methoxy groups -OCH3 is 1. The average molecular weight is 523 g/mol. The van der Waals surface area contributed by atoms with Crippen LogP contribution in [0.2, 0.25) is 0 Å². The van der Waals surface area contributed by atoms with Gasteiger partial charge in [0.2, 0.25) is 0 Å². The summed E-state index contributed by atoms with van der Waals surface area (Å²) in [7, 11) is 3.75. The summed E-state index contributed by atoms with van der Waals surface area (Å²) in [5, 5.41) is 10.6. The van der Waals surface area contributed by atoms with E-state index in [0.29, 0.717) is 6.61 Å². The highest BCUT2D eigenvalue weighted by Gasteiger charge is 2.17. The fraction of sp³-hybridized carbons (Fsp3) is 0.156. The number of phenolic OH excluding ortho intramolecular Hbond substituents is 1. The van der Waals surface area contributed by atoms with Crippen LogP contribution in [0.3, 0.4) is 0 Å². The molecule has 0 aliphatic rings. The first kappa shape index (κ1) is 25.5. The minimum atomic E-state index is 0.256. The second-order valence-corrected chi connectivity index (χ2v) is 10.1. The van der Waals surface area contributed by atoms with Crippen LogP contribution in [0.25, 0.3) is 0 Å². The lowest BCUT2D eigenvalue weighted by Crippen LogP contribution is -2.03. The molecule has 192 valence electrons. The summed E-state index contributed by atoms with van der Waals surface area (Å²) >= 11 is 1.59. The Balaban J connectivity index is 1.37. The molecule has 38 heavy (non-hydrogen) atoms. The third kappa shape index (κ3) is 6.39. The Morgan fingerprint density at radius 2 is 1.37 bits per heavy atom. The minimum absolute atomic E-state index is 0.256.